The van der Waals surface area contributed by atoms with Crippen molar-refractivity contribution in [3.8, 4) is 55.6 Å². The molecule has 50 heavy (non-hydrogen) atoms. The van der Waals surface area contributed by atoms with Crippen LogP contribution in [0.25, 0.3) is 77.2 Å². The first-order valence-corrected chi connectivity index (χ1v) is 17.8. The summed E-state index contributed by atoms with van der Waals surface area (Å²) >= 11 is 0. The minimum Gasteiger partial charge on any atom is -0.0619 e. The zero-order valence-electron chi connectivity index (χ0n) is 29.0. The van der Waals surface area contributed by atoms with Crippen molar-refractivity contribution in [2.24, 2.45) is 0 Å². The second-order valence-electron chi connectivity index (χ2n) is 15.4. The van der Waals surface area contributed by atoms with Crippen molar-refractivity contribution in [3.05, 3.63) is 180 Å². The first-order chi connectivity index (χ1) is 24.3. The van der Waals surface area contributed by atoms with Gasteiger partial charge in [-0.2, -0.15) is 0 Å². The highest BCUT2D eigenvalue weighted by Gasteiger charge is 2.37. The van der Waals surface area contributed by atoms with Gasteiger partial charge < -0.3 is 0 Å². The van der Waals surface area contributed by atoms with Crippen molar-refractivity contribution >= 4 is 21.5 Å². The molecule has 0 fully saturated rings. The first kappa shape index (κ1) is 29.2. The Morgan fingerprint density at radius 2 is 0.700 bits per heavy atom. The van der Waals surface area contributed by atoms with Crippen LogP contribution in [0, 0.1) is 0 Å². The van der Waals surface area contributed by atoms with Crippen molar-refractivity contribution in [1.29, 1.82) is 0 Å². The molecule has 2 aliphatic rings. The van der Waals surface area contributed by atoms with E-state index in [0.717, 1.165) is 0 Å². The molecule has 2 aliphatic carbocycles. The summed E-state index contributed by atoms with van der Waals surface area (Å²) < 4.78 is 0. The summed E-state index contributed by atoms with van der Waals surface area (Å²) in [5.74, 6) is 0. The van der Waals surface area contributed by atoms with E-state index in [4.69, 9.17) is 0 Å². The van der Waals surface area contributed by atoms with Crippen LogP contribution in [0.1, 0.15) is 49.9 Å². The molecule has 8 aromatic rings. The zero-order valence-corrected chi connectivity index (χ0v) is 29.0. The van der Waals surface area contributed by atoms with Crippen LogP contribution < -0.4 is 0 Å². The molecule has 0 saturated carbocycles. The highest BCUT2D eigenvalue weighted by Crippen LogP contribution is 2.52. The van der Waals surface area contributed by atoms with Gasteiger partial charge in [0, 0.05) is 10.8 Å². The molecule has 10 rings (SSSR count). The SMILES string of the molecule is CC1(C)c2ccccc2-c2ccc(-c3ccc4c(c3)C(C)(C)c3cc(-c5cccc(-c6ccc7ccc8ccccc8c7c6)c5)ccc3-4)cc21. The van der Waals surface area contributed by atoms with Gasteiger partial charge >= 0.3 is 0 Å². The largest absolute Gasteiger partial charge is 0.0619 e. The van der Waals surface area contributed by atoms with Gasteiger partial charge in [0.05, 0.1) is 0 Å². The van der Waals surface area contributed by atoms with E-state index in [1.54, 1.807) is 0 Å². The third kappa shape index (κ3) is 4.18. The maximum absolute atomic E-state index is 2.45. The van der Waals surface area contributed by atoms with Gasteiger partial charge in [0.15, 0.2) is 0 Å². The van der Waals surface area contributed by atoms with Crippen molar-refractivity contribution in [2.75, 3.05) is 0 Å². The lowest BCUT2D eigenvalue weighted by Crippen LogP contribution is -2.15. The molecule has 8 aromatic carbocycles. The van der Waals surface area contributed by atoms with E-state index < -0.39 is 0 Å². The van der Waals surface area contributed by atoms with Gasteiger partial charge in [-0.25, -0.2) is 0 Å². The van der Waals surface area contributed by atoms with E-state index in [-0.39, 0.29) is 10.8 Å². The predicted molar refractivity (Wildman–Crippen MR) is 213 cm³/mol. The van der Waals surface area contributed by atoms with E-state index in [1.165, 1.54) is 99.4 Å². The minimum absolute atomic E-state index is 0.00937. The van der Waals surface area contributed by atoms with Crippen LogP contribution in [0.5, 0.6) is 0 Å². The van der Waals surface area contributed by atoms with Crippen LogP contribution in [-0.2, 0) is 10.8 Å². The van der Waals surface area contributed by atoms with Crippen molar-refractivity contribution in [1.82, 2.24) is 0 Å². The summed E-state index contributed by atoms with van der Waals surface area (Å²) in [5.41, 5.74) is 18.5. The Morgan fingerprint density at radius 3 is 1.32 bits per heavy atom. The van der Waals surface area contributed by atoms with Crippen LogP contribution in [-0.4, -0.2) is 0 Å². The van der Waals surface area contributed by atoms with E-state index in [0.29, 0.717) is 0 Å². The maximum atomic E-state index is 2.45. The lowest BCUT2D eigenvalue weighted by Gasteiger charge is -2.23. The highest BCUT2D eigenvalue weighted by molar-refractivity contribution is 6.08. The molecular weight excluding hydrogens is 601 g/mol. The molecular formula is C50H38. The lowest BCUT2D eigenvalue weighted by atomic mass is 9.80. The minimum atomic E-state index is -0.111. The third-order valence-electron chi connectivity index (χ3n) is 11.9. The molecule has 0 heteroatoms. The van der Waals surface area contributed by atoms with Gasteiger partial charge in [-0.1, -0.05) is 155 Å². The topological polar surface area (TPSA) is 0 Å². The van der Waals surface area contributed by atoms with E-state index in [9.17, 15) is 0 Å². The Morgan fingerprint density at radius 1 is 0.280 bits per heavy atom. The van der Waals surface area contributed by atoms with Gasteiger partial charge in [-0.3, -0.25) is 0 Å². The Bertz CT molecular complexity index is 2700. The fourth-order valence-electron chi connectivity index (χ4n) is 9.04. The fourth-order valence-corrected chi connectivity index (χ4v) is 9.04. The van der Waals surface area contributed by atoms with E-state index in [1.807, 2.05) is 0 Å². The number of hydrogen-bond donors (Lipinski definition) is 0. The molecule has 0 atom stereocenters. The summed E-state index contributed by atoms with van der Waals surface area (Å²) in [6, 6.07) is 59.3. The van der Waals surface area contributed by atoms with E-state index >= 15 is 0 Å². The maximum Gasteiger partial charge on any atom is 0.0159 e. The molecule has 0 bridgehead atoms. The summed E-state index contributed by atoms with van der Waals surface area (Å²) in [4.78, 5) is 0. The smallest absolute Gasteiger partial charge is 0.0159 e. The monoisotopic (exact) mass is 638 g/mol. The Kier molecular flexibility index (Phi) is 6.07. The average Bonchev–Trinajstić information content (AvgIpc) is 3.53. The summed E-state index contributed by atoms with van der Waals surface area (Å²) in [7, 11) is 0. The molecule has 0 aromatic heterocycles. The van der Waals surface area contributed by atoms with Crippen molar-refractivity contribution in [2.45, 2.75) is 38.5 Å². The fraction of sp³-hybridized carbons (Fsp3) is 0.120. The van der Waals surface area contributed by atoms with Gasteiger partial charge in [-0.15, -0.1) is 0 Å². The summed E-state index contributed by atoms with van der Waals surface area (Å²) in [6.07, 6.45) is 0. The Balaban J connectivity index is 1.01. The second-order valence-corrected chi connectivity index (χ2v) is 15.4. The Labute approximate surface area is 294 Å². The first-order valence-electron chi connectivity index (χ1n) is 17.8. The summed E-state index contributed by atoms with van der Waals surface area (Å²) in [5, 5.41) is 5.16. The standard InChI is InChI=1S/C50H38/c1-49(2)45-15-8-7-14-40(45)41-23-21-37(29-46(41)49)38-22-25-43-42-24-20-36(28-47(42)50(3,4)48(43)30-38)34-12-9-11-33(26-34)35-19-18-32-17-16-31-10-5-6-13-39(31)44(32)27-35/h5-30H,1-4H3. The lowest BCUT2D eigenvalue weighted by molar-refractivity contribution is 0.659. The molecule has 0 N–H and O–H groups in total. The Hall–Kier alpha value is -5.72. The zero-order chi connectivity index (χ0) is 33.8. The second kappa shape index (κ2) is 10.4. The predicted octanol–water partition coefficient (Wildman–Crippen LogP) is 13.6. The van der Waals surface area contributed by atoms with Crippen molar-refractivity contribution in [3.63, 3.8) is 0 Å². The molecule has 238 valence electrons. The van der Waals surface area contributed by atoms with Crippen LogP contribution in [0.15, 0.2) is 158 Å². The van der Waals surface area contributed by atoms with E-state index in [2.05, 4.69) is 185 Å². The third-order valence-corrected chi connectivity index (χ3v) is 11.9. The van der Waals surface area contributed by atoms with Crippen molar-refractivity contribution < 1.29 is 0 Å². The molecule has 0 aliphatic heterocycles. The quantitative estimate of drug-likeness (QED) is 0.169. The molecule has 0 nitrogen and oxygen atoms in total. The molecule has 0 unspecified atom stereocenters. The van der Waals surface area contributed by atoms with Gasteiger partial charge in [-0.05, 0) is 130 Å². The molecule has 0 saturated heterocycles. The van der Waals surface area contributed by atoms with Gasteiger partial charge in [0.25, 0.3) is 0 Å². The molecule has 0 heterocycles. The number of benzene rings is 8. The van der Waals surface area contributed by atoms with Crippen LogP contribution in [0.4, 0.5) is 0 Å². The number of fused-ring (bicyclic) bond motifs is 9. The van der Waals surface area contributed by atoms with Gasteiger partial charge in [0.2, 0.25) is 0 Å². The molecule has 0 amide bonds. The van der Waals surface area contributed by atoms with Crippen LogP contribution in [0.2, 0.25) is 0 Å². The molecule has 0 radical (unpaired) electrons. The number of hydrogen-bond acceptors (Lipinski definition) is 0. The number of rotatable bonds is 3. The van der Waals surface area contributed by atoms with Crippen LogP contribution >= 0.6 is 0 Å². The normalized spacial score (nSPS) is 14.7. The average molecular weight is 639 g/mol. The summed E-state index contributed by atoms with van der Waals surface area (Å²) in [6.45, 7) is 9.51. The van der Waals surface area contributed by atoms with Gasteiger partial charge in [0.1, 0.15) is 0 Å². The van der Waals surface area contributed by atoms with Crippen LogP contribution in [0.3, 0.4) is 0 Å². The highest BCUT2D eigenvalue weighted by atomic mass is 14.4. The molecule has 0 spiro atoms.